The van der Waals surface area contributed by atoms with E-state index in [-0.39, 0.29) is 0 Å². The van der Waals surface area contributed by atoms with E-state index in [0.29, 0.717) is 11.7 Å². The van der Waals surface area contributed by atoms with Gasteiger partial charge >= 0.3 is 0 Å². The SMILES string of the molecule is C/C(=N\NC(=S)NCCc1ccccn1)c1ccccn1. The molecule has 2 rings (SSSR count). The van der Waals surface area contributed by atoms with Crippen molar-refractivity contribution in [1.29, 1.82) is 0 Å². The highest BCUT2D eigenvalue weighted by molar-refractivity contribution is 7.80. The molecule has 0 atom stereocenters. The van der Waals surface area contributed by atoms with E-state index in [0.717, 1.165) is 23.5 Å². The standard InChI is InChI=1S/C15H17N5S/c1-12(14-7-3-5-10-17-14)19-20-15(21)18-11-8-13-6-2-4-9-16-13/h2-7,9-10H,8,11H2,1H3,(H2,18,20,21)/b19-12+. The first-order valence-corrected chi connectivity index (χ1v) is 7.06. The van der Waals surface area contributed by atoms with Gasteiger partial charge in [0.05, 0.1) is 11.4 Å². The minimum absolute atomic E-state index is 0.487. The molecule has 0 radical (unpaired) electrons. The van der Waals surface area contributed by atoms with E-state index in [2.05, 4.69) is 25.8 Å². The van der Waals surface area contributed by atoms with Gasteiger partial charge in [-0.15, -0.1) is 0 Å². The predicted molar refractivity (Wildman–Crippen MR) is 88.1 cm³/mol. The van der Waals surface area contributed by atoms with E-state index in [4.69, 9.17) is 12.2 Å². The number of hydrogen-bond acceptors (Lipinski definition) is 4. The van der Waals surface area contributed by atoms with Gasteiger partial charge in [-0.3, -0.25) is 15.4 Å². The van der Waals surface area contributed by atoms with Gasteiger partial charge in [-0.05, 0) is 43.4 Å². The highest BCUT2D eigenvalue weighted by Crippen LogP contribution is 1.95. The maximum absolute atomic E-state index is 5.17. The zero-order valence-electron chi connectivity index (χ0n) is 11.8. The average molecular weight is 299 g/mol. The summed E-state index contributed by atoms with van der Waals surface area (Å²) in [4.78, 5) is 8.47. The Bertz CT molecular complexity index is 598. The maximum atomic E-state index is 5.17. The molecule has 2 aromatic rings. The fourth-order valence-corrected chi connectivity index (χ4v) is 1.81. The lowest BCUT2D eigenvalue weighted by Crippen LogP contribution is -2.34. The van der Waals surface area contributed by atoms with Crippen molar-refractivity contribution in [3.05, 3.63) is 60.2 Å². The summed E-state index contributed by atoms with van der Waals surface area (Å²) in [6.07, 6.45) is 4.33. The second-order valence-corrected chi connectivity index (χ2v) is 4.76. The minimum Gasteiger partial charge on any atom is -0.361 e. The lowest BCUT2D eigenvalue weighted by molar-refractivity contribution is 0.818. The zero-order valence-corrected chi connectivity index (χ0v) is 12.6. The van der Waals surface area contributed by atoms with Crippen LogP contribution in [0.2, 0.25) is 0 Å². The molecule has 0 spiro atoms. The van der Waals surface area contributed by atoms with Crippen molar-refractivity contribution in [2.75, 3.05) is 6.54 Å². The Morgan fingerprint density at radius 3 is 2.57 bits per heavy atom. The Morgan fingerprint density at radius 1 is 1.14 bits per heavy atom. The molecule has 0 aliphatic rings. The number of rotatable bonds is 5. The third kappa shape index (κ3) is 5.27. The van der Waals surface area contributed by atoms with E-state index in [1.54, 1.807) is 12.4 Å². The van der Waals surface area contributed by atoms with E-state index in [9.17, 15) is 0 Å². The summed E-state index contributed by atoms with van der Waals surface area (Å²) in [7, 11) is 0. The first-order chi connectivity index (χ1) is 10.3. The van der Waals surface area contributed by atoms with E-state index in [1.807, 2.05) is 43.3 Å². The van der Waals surface area contributed by atoms with Gasteiger partial charge in [0.25, 0.3) is 0 Å². The van der Waals surface area contributed by atoms with Crippen molar-refractivity contribution in [3.63, 3.8) is 0 Å². The molecule has 0 unspecified atom stereocenters. The molecule has 0 bridgehead atoms. The largest absolute Gasteiger partial charge is 0.361 e. The number of pyridine rings is 2. The van der Waals surface area contributed by atoms with Gasteiger partial charge in [-0.2, -0.15) is 5.10 Å². The van der Waals surface area contributed by atoms with Crippen LogP contribution < -0.4 is 10.7 Å². The molecule has 0 fully saturated rings. The van der Waals surface area contributed by atoms with Gasteiger partial charge in [-0.1, -0.05) is 12.1 Å². The van der Waals surface area contributed by atoms with Crippen molar-refractivity contribution in [3.8, 4) is 0 Å². The normalized spacial score (nSPS) is 11.0. The summed E-state index contributed by atoms with van der Waals surface area (Å²) in [6.45, 7) is 2.59. The average Bonchev–Trinajstić information content (AvgIpc) is 2.54. The van der Waals surface area contributed by atoms with Gasteiger partial charge in [0.1, 0.15) is 0 Å². The van der Waals surface area contributed by atoms with Crippen LogP contribution in [0.5, 0.6) is 0 Å². The van der Waals surface area contributed by atoms with Gasteiger partial charge in [0, 0.05) is 31.1 Å². The molecule has 5 nitrogen and oxygen atoms in total. The fraction of sp³-hybridized carbons (Fsp3) is 0.200. The van der Waals surface area contributed by atoms with Crippen molar-refractivity contribution in [2.24, 2.45) is 5.10 Å². The van der Waals surface area contributed by atoms with Crippen LogP contribution in [-0.2, 0) is 6.42 Å². The number of nitrogens with one attached hydrogen (secondary N) is 2. The molecule has 2 N–H and O–H groups in total. The highest BCUT2D eigenvalue weighted by Gasteiger charge is 1.99. The molecule has 108 valence electrons. The van der Waals surface area contributed by atoms with Crippen molar-refractivity contribution < 1.29 is 0 Å². The van der Waals surface area contributed by atoms with Gasteiger partial charge in [0.15, 0.2) is 5.11 Å². The number of hydrogen-bond donors (Lipinski definition) is 2. The second-order valence-electron chi connectivity index (χ2n) is 4.35. The molecule has 0 aliphatic heterocycles. The lowest BCUT2D eigenvalue weighted by Gasteiger charge is -2.07. The quantitative estimate of drug-likeness (QED) is 0.502. The lowest BCUT2D eigenvalue weighted by atomic mass is 10.3. The molecule has 6 heteroatoms. The van der Waals surface area contributed by atoms with Crippen LogP contribution in [0.15, 0.2) is 53.9 Å². The molecule has 0 aliphatic carbocycles. The molecule has 2 heterocycles. The van der Waals surface area contributed by atoms with Crippen LogP contribution in [0.25, 0.3) is 0 Å². The second kappa shape index (κ2) is 8.06. The van der Waals surface area contributed by atoms with Crippen LogP contribution in [-0.4, -0.2) is 27.3 Å². The molecule has 0 amide bonds. The van der Waals surface area contributed by atoms with Crippen molar-refractivity contribution in [2.45, 2.75) is 13.3 Å². The minimum atomic E-state index is 0.487. The summed E-state index contributed by atoms with van der Waals surface area (Å²) in [5.74, 6) is 0. The molecule has 0 saturated heterocycles. The van der Waals surface area contributed by atoms with Gasteiger partial charge in [-0.25, -0.2) is 0 Å². The molecule has 2 aromatic heterocycles. The van der Waals surface area contributed by atoms with Gasteiger partial charge in [0.2, 0.25) is 0 Å². The molecule has 0 aromatic carbocycles. The Kier molecular flexibility index (Phi) is 5.78. The number of nitrogens with zero attached hydrogens (tertiary/aromatic N) is 3. The first kappa shape index (κ1) is 15.1. The smallest absolute Gasteiger partial charge is 0.186 e. The van der Waals surface area contributed by atoms with E-state index < -0.39 is 0 Å². The topological polar surface area (TPSA) is 62.2 Å². The van der Waals surface area contributed by atoms with Crippen molar-refractivity contribution in [1.82, 2.24) is 20.7 Å². The predicted octanol–water partition coefficient (Wildman–Crippen LogP) is 1.91. The summed E-state index contributed by atoms with van der Waals surface area (Å²) < 4.78 is 0. The van der Waals surface area contributed by atoms with Crippen LogP contribution in [0.4, 0.5) is 0 Å². The number of hydrazone groups is 1. The van der Waals surface area contributed by atoms with Crippen LogP contribution in [0.3, 0.4) is 0 Å². The van der Waals surface area contributed by atoms with Crippen LogP contribution >= 0.6 is 12.2 Å². The molecular weight excluding hydrogens is 282 g/mol. The summed E-state index contributed by atoms with van der Waals surface area (Å²) in [6, 6.07) is 11.6. The Morgan fingerprint density at radius 2 is 1.90 bits per heavy atom. The molecular formula is C15H17N5S. The third-order valence-electron chi connectivity index (χ3n) is 2.75. The van der Waals surface area contributed by atoms with Gasteiger partial charge < -0.3 is 5.32 Å². The van der Waals surface area contributed by atoms with E-state index in [1.165, 1.54) is 0 Å². The first-order valence-electron chi connectivity index (χ1n) is 6.65. The number of thiocarbonyl (C=S) groups is 1. The summed E-state index contributed by atoms with van der Waals surface area (Å²) >= 11 is 5.17. The fourth-order valence-electron chi connectivity index (χ4n) is 1.66. The van der Waals surface area contributed by atoms with Crippen LogP contribution in [0, 0.1) is 0 Å². The molecule has 0 saturated carbocycles. The monoisotopic (exact) mass is 299 g/mol. The zero-order chi connectivity index (χ0) is 14.9. The van der Waals surface area contributed by atoms with E-state index >= 15 is 0 Å². The Labute approximate surface area is 129 Å². The van der Waals surface area contributed by atoms with Crippen molar-refractivity contribution >= 4 is 23.0 Å². The molecule has 21 heavy (non-hydrogen) atoms. The Hall–Kier alpha value is -2.34. The summed E-state index contributed by atoms with van der Waals surface area (Å²) in [5, 5.41) is 7.78. The highest BCUT2D eigenvalue weighted by atomic mass is 32.1. The third-order valence-corrected chi connectivity index (χ3v) is 2.99. The Balaban J connectivity index is 1.75. The van der Waals surface area contributed by atoms with Crippen LogP contribution in [0.1, 0.15) is 18.3 Å². The number of aromatic nitrogens is 2. The maximum Gasteiger partial charge on any atom is 0.186 e. The summed E-state index contributed by atoms with van der Waals surface area (Å²) in [5.41, 5.74) is 5.45.